The first-order valence-electron chi connectivity index (χ1n) is 10.9. The molecule has 0 aromatic heterocycles. The number of ether oxygens (including phenoxy) is 3. The Morgan fingerprint density at radius 3 is 2.23 bits per heavy atom. The maximum Gasteiger partial charge on any atom is 0.344 e. The second kappa shape index (κ2) is 7.79. The molecule has 0 aliphatic heterocycles. The fourth-order valence-corrected chi connectivity index (χ4v) is 6.04. The second-order valence-corrected chi connectivity index (χ2v) is 10.1. The standard InChI is InChI=1S/C22H34O8/c1-5-15-21(27)8-14-7-20(26,12-21)13-22(15,9-14)30-17(24)11-28-16(23)10-29-18(25)19(3,4)6-2/h14-15,26-27H,5-13H2,1-4H3. The molecule has 0 saturated heterocycles. The molecule has 5 unspecified atom stereocenters. The SMILES string of the molecule is CCC1C2(O)CC3CC(O)(C2)CC1(OC(=O)COC(=O)COC(=O)C(C)(C)CC)C3. The molecular formula is C22H34O8. The van der Waals surface area contributed by atoms with Gasteiger partial charge in [-0.25, -0.2) is 9.59 Å². The van der Waals surface area contributed by atoms with E-state index in [1.807, 2.05) is 13.8 Å². The Kier molecular flexibility index (Phi) is 5.97. The van der Waals surface area contributed by atoms with Gasteiger partial charge in [0.05, 0.1) is 16.6 Å². The van der Waals surface area contributed by atoms with Gasteiger partial charge in [0, 0.05) is 18.8 Å². The average Bonchev–Trinajstić information content (AvgIpc) is 2.61. The van der Waals surface area contributed by atoms with Gasteiger partial charge in [0.15, 0.2) is 13.2 Å². The Bertz CT molecular complexity index is 718. The van der Waals surface area contributed by atoms with Crippen molar-refractivity contribution >= 4 is 17.9 Å². The largest absolute Gasteiger partial charge is 0.456 e. The summed E-state index contributed by atoms with van der Waals surface area (Å²) in [6.45, 7) is 6.05. The van der Waals surface area contributed by atoms with Crippen LogP contribution in [0.3, 0.4) is 0 Å². The lowest BCUT2D eigenvalue weighted by Gasteiger charge is -2.66. The third kappa shape index (κ3) is 4.21. The summed E-state index contributed by atoms with van der Waals surface area (Å²) in [7, 11) is 0. The van der Waals surface area contributed by atoms with Crippen molar-refractivity contribution in [3.05, 3.63) is 0 Å². The van der Waals surface area contributed by atoms with Crippen molar-refractivity contribution in [2.45, 2.75) is 89.4 Å². The third-order valence-corrected chi connectivity index (χ3v) is 7.33. The van der Waals surface area contributed by atoms with Crippen molar-refractivity contribution in [3.63, 3.8) is 0 Å². The van der Waals surface area contributed by atoms with E-state index in [1.165, 1.54) is 0 Å². The summed E-state index contributed by atoms with van der Waals surface area (Å²) in [6, 6.07) is 0. The zero-order valence-corrected chi connectivity index (χ0v) is 18.4. The number of esters is 3. The molecule has 2 N–H and O–H groups in total. The van der Waals surface area contributed by atoms with Gasteiger partial charge in [-0.3, -0.25) is 4.79 Å². The van der Waals surface area contributed by atoms with E-state index in [0.717, 1.165) is 0 Å². The first kappa shape index (κ1) is 23.0. The van der Waals surface area contributed by atoms with Crippen LogP contribution in [0, 0.1) is 17.3 Å². The lowest BCUT2D eigenvalue weighted by atomic mass is 9.45. The Morgan fingerprint density at radius 1 is 0.967 bits per heavy atom. The highest BCUT2D eigenvalue weighted by atomic mass is 16.6. The summed E-state index contributed by atoms with van der Waals surface area (Å²) < 4.78 is 15.7. The van der Waals surface area contributed by atoms with E-state index in [9.17, 15) is 24.6 Å². The predicted molar refractivity (Wildman–Crippen MR) is 105 cm³/mol. The average molecular weight is 427 g/mol. The second-order valence-electron chi connectivity index (χ2n) is 10.1. The van der Waals surface area contributed by atoms with Crippen molar-refractivity contribution in [1.82, 2.24) is 0 Å². The zero-order valence-electron chi connectivity index (χ0n) is 18.4. The third-order valence-electron chi connectivity index (χ3n) is 7.33. The van der Waals surface area contributed by atoms with Crippen LogP contribution in [0.2, 0.25) is 0 Å². The van der Waals surface area contributed by atoms with Crippen molar-refractivity contribution in [3.8, 4) is 0 Å². The number of aliphatic hydroxyl groups is 2. The normalized spacial score (nSPS) is 37.0. The molecule has 4 bridgehead atoms. The highest BCUT2D eigenvalue weighted by molar-refractivity contribution is 5.81. The van der Waals surface area contributed by atoms with Gasteiger partial charge in [0.1, 0.15) is 5.60 Å². The summed E-state index contributed by atoms with van der Waals surface area (Å²) in [6.07, 6.45) is 3.60. The summed E-state index contributed by atoms with van der Waals surface area (Å²) in [5, 5.41) is 22.0. The smallest absolute Gasteiger partial charge is 0.344 e. The quantitative estimate of drug-likeness (QED) is 0.446. The molecule has 30 heavy (non-hydrogen) atoms. The van der Waals surface area contributed by atoms with Crippen molar-refractivity contribution in [1.29, 1.82) is 0 Å². The Hall–Kier alpha value is -1.67. The fraction of sp³-hybridized carbons (Fsp3) is 0.864. The topological polar surface area (TPSA) is 119 Å². The molecular weight excluding hydrogens is 392 g/mol. The van der Waals surface area contributed by atoms with Gasteiger partial charge in [0.25, 0.3) is 0 Å². The number of hydrogen-bond donors (Lipinski definition) is 2. The van der Waals surface area contributed by atoms with E-state index in [1.54, 1.807) is 13.8 Å². The van der Waals surface area contributed by atoms with Crippen LogP contribution in [0.25, 0.3) is 0 Å². The van der Waals surface area contributed by atoms with Crippen LogP contribution in [-0.4, -0.2) is 58.1 Å². The van der Waals surface area contributed by atoms with Gasteiger partial charge in [-0.05, 0) is 51.9 Å². The van der Waals surface area contributed by atoms with Gasteiger partial charge in [-0.2, -0.15) is 0 Å². The van der Waals surface area contributed by atoms with E-state index in [2.05, 4.69) is 0 Å². The molecule has 170 valence electrons. The van der Waals surface area contributed by atoms with Gasteiger partial charge in [-0.1, -0.05) is 13.8 Å². The van der Waals surface area contributed by atoms with Crippen LogP contribution < -0.4 is 0 Å². The van der Waals surface area contributed by atoms with Crippen LogP contribution in [-0.2, 0) is 28.6 Å². The molecule has 5 atom stereocenters. The number of carbonyl (C=O) groups excluding carboxylic acids is 3. The van der Waals surface area contributed by atoms with E-state index in [-0.39, 0.29) is 11.8 Å². The molecule has 0 spiro atoms. The molecule has 8 nitrogen and oxygen atoms in total. The van der Waals surface area contributed by atoms with E-state index < -0.39 is 53.3 Å². The maximum absolute atomic E-state index is 12.5. The Balaban J connectivity index is 1.56. The molecule has 0 amide bonds. The van der Waals surface area contributed by atoms with E-state index >= 15 is 0 Å². The van der Waals surface area contributed by atoms with Crippen LogP contribution in [0.4, 0.5) is 0 Å². The fourth-order valence-electron chi connectivity index (χ4n) is 6.04. The van der Waals surface area contributed by atoms with Gasteiger partial charge in [-0.15, -0.1) is 0 Å². The predicted octanol–water partition coefficient (Wildman–Crippen LogP) is 1.89. The molecule has 0 aromatic rings. The molecule has 4 rings (SSSR count). The summed E-state index contributed by atoms with van der Waals surface area (Å²) in [5.74, 6) is -2.23. The van der Waals surface area contributed by atoms with Crippen LogP contribution in [0.1, 0.15) is 72.6 Å². The summed E-state index contributed by atoms with van der Waals surface area (Å²) >= 11 is 0. The molecule has 8 heteroatoms. The van der Waals surface area contributed by atoms with E-state index in [4.69, 9.17) is 14.2 Å². The highest BCUT2D eigenvalue weighted by Gasteiger charge is 2.69. The minimum atomic E-state index is -1.04. The number of carbonyl (C=O) groups is 3. The van der Waals surface area contributed by atoms with Crippen LogP contribution in [0.15, 0.2) is 0 Å². The molecule has 0 radical (unpaired) electrons. The molecule has 4 saturated carbocycles. The zero-order chi connectivity index (χ0) is 22.4. The number of rotatable bonds is 8. The molecule has 4 aliphatic carbocycles. The summed E-state index contributed by atoms with van der Waals surface area (Å²) in [4.78, 5) is 36.3. The minimum absolute atomic E-state index is 0.0991. The van der Waals surface area contributed by atoms with Gasteiger partial charge in [0.2, 0.25) is 0 Å². The number of hydrogen-bond acceptors (Lipinski definition) is 8. The lowest BCUT2D eigenvalue weighted by molar-refractivity contribution is -0.295. The Morgan fingerprint density at radius 2 is 1.63 bits per heavy atom. The van der Waals surface area contributed by atoms with Crippen molar-refractivity contribution in [2.75, 3.05) is 13.2 Å². The molecule has 4 fully saturated rings. The van der Waals surface area contributed by atoms with E-state index in [0.29, 0.717) is 44.9 Å². The summed E-state index contributed by atoms with van der Waals surface area (Å²) in [5.41, 5.74) is -3.72. The molecule has 4 aliphatic rings. The highest BCUT2D eigenvalue weighted by Crippen LogP contribution is 2.63. The maximum atomic E-state index is 12.5. The van der Waals surface area contributed by atoms with Gasteiger partial charge >= 0.3 is 17.9 Å². The minimum Gasteiger partial charge on any atom is -0.456 e. The van der Waals surface area contributed by atoms with Gasteiger partial charge < -0.3 is 24.4 Å². The monoisotopic (exact) mass is 426 g/mol. The first-order chi connectivity index (χ1) is 13.9. The van der Waals surface area contributed by atoms with Crippen molar-refractivity contribution in [2.24, 2.45) is 17.3 Å². The lowest BCUT2D eigenvalue weighted by Crippen LogP contribution is -2.72. The van der Waals surface area contributed by atoms with Crippen molar-refractivity contribution < 1.29 is 38.8 Å². The van der Waals surface area contributed by atoms with Crippen LogP contribution in [0.5, 0.6) is 0 Å². The Labute approximate surface area is 177 Å². The molecule has 0 heterocycles. The first-order valence-corrected chi connectivity index (χ1v) is 10.9. The van der Waals surface area contributed by atoms with Crippen LogP contribution >= 0.6 is 0 Å². The molecule has 0 aromatic carbocycles.